The minimum atomic E-state index is 0.978. The molecule has 2 N–H and O–H groups in total. The molecule has 0 spiro atoms. The molecule has 6 heteroatoms. The molecule has 9 rings (SSSR count). The molecule has 0 aliphatic carbocycles. The Morgan fingerprint density at radius 1 is 0.417 bits per heavy atom. The van der Waals surface area contributed by atoms with Crippen molar-refractivity contribution < 1.29 is 0 Å². The first-order chi connectivity index (χ1) is 23.7. The van der Waals surface area contributed by atoms with Gasteiger partial charge in [-0.05, 0) is 106 Å². The number of hydrogen-bond donors (Lipinski definition) is 2. The Morgan fingerprint density at radius 2 is 0.792 bits per heavy atom. The third-order valence-corrected chi connectivity index (χ3v) is 9.52. The maximum Gasteiger partial charge on any atom is 0.0729 e. The van der Waals surface area contributed by atoms with E-state index in [1.807, 2.05) is 12.4 Å². The van der Waals surface area contributed by atoms with Crippen LogP contribution in [0.4, 0.5) is 34.1 Å². The number of nitrogens with one attached hydrogen (secondary N) is 2. The maximum absolute atomic E-state index is 4.62. The molecule has 0 saturated carbocycles. The summed E-state index contributed by atoms with van der Waals surface area (Å²) >= 11 is 0. The molecular weight excluding hydrogens is 589 g/mol. The van der Waals surface area contributed by atoms with Crippen molar-refractivity contribution in [1.29, 1.82) is 0 Å². The predicted molar refractivity (Wildman–Crippen MR) is 202 cm³/mol. The lowest BCUT2D eigenvalue weighted by atomic mass is 10.1. The Morgan fingerprint density at radius 3 is 1.19 bits per heavy atom. The molecule has 232 valence electrons. The second-order valence-electron chi connectivity index (χ2n) is 12.5. The van der Waals surface area contributed by atoms with Crippen LogP contribution in [0.5, 0.6) is 0 Å². The summed E-state index contributed by atoms with van der Waals surface area (Å²) in [4.78, 5) is 14.2. The summed E-state index contributed by atoms with van der Waals surface area (Å²) in [7, 11) is 0. The second-order valence-corrected chi connectivity index (χ2v) is 12.5. The number of anilines is 6. The predicted octanol–water partition coefficient (Wildman–Crippen LogP) is 9.90. The van der Waals surface area contributed by atoms with E-state index in [2.05, 4.69) is 164 Å². The van der Waals surface area contributed by atoms with Crippen molar-refractivity contribution in [1.82, 2.24) is 9.97 Å². The molecule has 1 aliphatic heterocycles. The Kier molecular flexibility index (Phi) is 6.97. The summed E-state index contributed by atoms with van der Waals surface area (Å²) in [6.45, 7) is 3.91. The van der Waals surface area contributed by atoms with Crippen molar-refractivity contribution in [3.8, 4) is 0 Å². The van der Waals surface area contributed by atoms with Gasteiger partial charge in [-0.1, -0.05) is 48.5 Å². The average molecular weight is 623 g/mol. The van der Waals surface area contributed by atoms with E-state index in [0.29, 0.717) is 0 Å². The first-order valence-electron chi connectivity index (χ1n) is 16.5. The van der Waals surface area contributed by atoms with Crippen LogP contribution >= 0.6 is 0 Å². The summed E-state index contributed by atoms with van der Waals surface area (Å²) in [5.74, 6) is 0. The van der Waals surface area contributed by atoms with Gasteiger partial charge in [-0.25, -0.2) is 0 Å². The summed E-state index contributed by atoms with van der Waals surface area (Å²) in [6, 6.07) is 47.4. The number of piperazine rings is 1. The van der Waals surface area contributed by atoms with Crippen molar-refractivity contribution in [2.45, 2.75) is 0 Å². The molecule has 0 radical (unpaired) electrons. The quantitative estimate of drug-likeness (QED) is 0.180. The van der Waals surface area contributed by atoms with Crippen LogP contribution in [-0.2, 0) is 0 Å². The Balaban J connectivity index is 0.846. The Hall–Kier alpha value is -6.14. The van der Waals surface area contributed by atoms with Gasteiger partial charge in [0.15, 0.2) is 0 Å². The van der Waals surface area contributed by atoms with Crippen molar-refractivity contribution in [3.63, 3.8) is 0 Å². The molecule has 0 unspecified atom stereocenters. The number of fused-ring (bicyclic) bond motifs is 4. The van der Waals surface area contributed by atoms with Gasteiger partial charge in [0, 0.05) is 83.5 Å². The molecule has 8 aromatic rings. The summed E-state index contributed by atoms with van der Waals surface area (Å²) in [5.41, 5.74) is 8.77. The van der Waals surface area contributed by atoms with Crippen LogP contribution in [0.25, 0.3) is 43.4 Å². The van der Waals surface area contributed by atoms with E-state index in [1.165, 1.54) is 32.9 Å². The lowest BCUT2D eigenvalue weighted by molar-refractivity contribution is 0.653. The van der Waals surface area contributed by atoms with Crippen molar-refractivity contribution >= 4 is 77.5 Å². The zero-order valence-corrected chi connectivity index (χ0v) is 26.5. The lowest BCUT2D eigenvalue weighted by Crippen LogP contribution is -2.46. The van der Waals surface area contributed by atoms with Crippen LogP contribution in [0.15, 0.2) is 146 Å². The highest BCUT2D eigenvalue weighted by atomic mass is 15.3. The van der Waals surface area contributed by atoms with Gasteiger partial charge in [-0.3, -0.25) is 9.97 Å². The highest BCUT2D eigenvalue weighted by Gasteiger charge is 2.18. The maximum atomic E-state index is 4.62. The van der Waals surface area contributed by atoms with Crippen LogP contribution < -0.4 is 20.4 Å². The molecule has 0 amide bonds. The smallest absolute Gasteiger partial charge is 0.0729 e. The summed E-state index contributed by atoms with van der Waals surface area (Å²) < 4.78 is 0. The van der Waals surface area contributed by atoms with Gasteiger partial charge in [0.25, 0.3) is 0 Å². The van der Waals surface area contributed by atoms with Crippen molar-refractivity contribution in [3.05, 3.63) is 146 Å². The third kappa shape index (κ3) is 5.37. The molecule has 1 saturated heterocycles. The molecule has 1 fully saturated rings. The number of nitrogens with zero attached hydrogens (tertiary/aromatic N) is 4. The summed E-state index contributed by atoms with van der Waals surface area (Å²) in [6.07, 6.45) is 3.75. The van der Waals surface area contributed by atoms with Crippen LogP contribution in [0, 0.1) is 0 Å². The van der Waals surface area contributed by atoms with Gasteiger partial charge >= 0.3 is 0 Å². The van der Waals surface area contributed by atoms with Crippen LogP contribution in [-0.4, -0.2) is 36.1 Å². The average Bonchev–Trinajstić information content (AvgIpc) is 3.14. The van der Waals surface area contributed by atoms with Crippen LogP contribution in [0.2, 0.25) is 0 Å². The number of hydrogen-bond acceptors (Lipinski definition) is 6. The van der Waals surface area contributed by atoms with Gasteiger partial charge in [0.1, 0.15) is 0 Å². The normalized spacial score (nSPS) is 13.4. The molecule has 48 heavy (non-hydrogen) atoms. The number of benzene rings is 6. The summed E-state index contributed by atoms with van der Waals surface area (Å²) in [5, 5.41) is 14.4. The zero-order chi connectivity index (χ0) is 31.9. The first kappa shape index (κ1) is 28.1. The van der Waals surface area contributed by atoms with Gasteiger partial charge in [-0.2, -0.15) is 0 Å². The van der Waals surface area contributed by atoms with Crippen LogP contribution in [0.1, 0.15) is 0 Å². The van der Waals surface area contributed by atoms with Crippen molar-refractivity contribution in [2.24, 2.45) is 0 Å². The van der Waals surface area contributed by atoms with E-state index in [-0.39, 0.29) is 0 Å². The van der Waals surface area contributed by atoms with Crippen LogP contribution in [0.3, 0.4) is 0 Å². The number of aromatic nitrogens is 2. The van der Waals surface area contributed by atoms with E-state index >= 15 is 0 Å². The van der Waals surface area contributed by atoms with Gasteiger partial charge in [0.05, 0.1) is 11.0 Å². The zero-order valence-electron chi connectivity index (χ0n) is 26.5. The van der Waals surface area contributed by atoms with E-state index in [9.17, 15) is 0 Å². The van der Waals surface area contributed by atoms with E-state index in [0.717, 1.165) is 70.7 Å². The Labute approximate surface area is 279 Å². The minimum absolute atomic E-state index is 0.978. The van der Waals surface area contributed by atoms with E-state index < -0.39 is 0 Å². The number of pyridine rings is 2. The fraction of sp³-hybridized carbons (Fsp3) is 0.0952. The first-order valence-corrected chi connectivity index (χ1v) is 16.5. The highest BCUT2D eigenvalue weighted by Crippen LogP contribution is 2.32. The SMILES string of the molecule is c1ccc2cc3c(Nc4ccc(N5CCN(c6ccc(Nc7ccnc8cc9ccccc9cc78)cc6)CC5)cc4)ccnc3cc2c1. The van der Waals surface area contributed by atoms with E-state index in [1.54, 1.807) is 0 Å². The molecule has 6 aromatic carbocycles. The molecule has 1 aliphatic rings. The monoisotopic (exact) mass is 622 g/mol. The molecular formula is C42H34N6. The largest absolute Gasteiger partial charge is 0.368 e. The van der Waals surface area contributed by atoms with Gasteiger partial charge < -0.3 is 20.4 Å². The lowest BCUT2D eigenvalue weighted by Gasteiger charge is -2.37. The van der Waals surface area contributed by atoms with Gasteiger partial charge in [-0.15, -0.1) is 0 Å². The highest BCUT2D eigenvalue weighted by molar-refractivity contribution is 6.03. The molecule has 2 aromatic heterocycles. The molecule has 0 atom stereocenters. The Bertz CT molecular complexity index is 2240. The van der Waals surface area contributed by atoms with Gasteiger partial charge in [0.2, 0.25) is 0 Å². The minimum Gasteiger partial charge on any atom is -0.368 e. The fourth-order valence-corrected chi connectivity index (χ4v) is 6.93. The second kappa shape index (κ2) is 11.9. The van der Waals surface area contributed by atoms with Crippen molar-refractivity contribution in [2.75, 3.05) is 46.6 Å². The fourth-order valence-electron chi connectivity index (χ4n) is 6.93. The molecule has 6 nitrogen and oxygen atoms in total. The topological polar surface area (TPSA) is 56.3 Å². The number of rotatable bonds is 6. The molecule has 0 bridgehead atoms. The molecule has 3 heterocycles. The van der Waals surface area contributed by atoms with E-state index in [4.69, 9.17) is 0 Å². The standard InChI is InChI=1S/C42H34N6/c1-3-7-31-27-41-37(25-29(31)5-1)39(17-19-43-41)45-33-9-13-35(14-10-33)47-21-23-48(24-22-47)36-15-11-34(12-16-36)46-40-18-20-44-42-28-32-8-4-2-6-30(32)26-38(40)42/h1-20,25-28H,21-24H2,(H,43,45)(H,44,46). The third-order valence-electron chi connectivity index (χ3n) is 9.52.